The third kappa shape index (κ3) is 6.47. The Morgan fingerprint density at radius 1 is 1.33 bits per heavy atom. The monoisotopic (exact) mass is 186 g/mol. The first-order valence-corrected chi connectivity index (χ1v) is 5.49. The second-order valence-corrected chi connectivity index (χ2v) is 4.04. The van der Waals surface area contributed by atoms with Gasteiger partial charge in [-0.15, -0.1) is 0 Å². The van der Waals surface area contributed by atoms with Crippen LogP contribution in [0.25, 0.3) is 0 Å². The molecule has 0 aliphatic rings. The van der Waals surface area contributed by atoms with Crippen LogP contribution in [0.15, 0.2) is 12.2 Å². The van der Waals surface area contributed by atoms with Crippen LogP contribution in [0.1, 0.15) is 39.5 Å². The lowest BCUT2D eigenvalue weighted by Crippen LogP contribution is -1.93. The van der Waals surface area contributed by atoms with Crippen molar-refractivity contribution in [3.05, 3.63) is 12.2 Å². The number of carbonyl (C=O) groups is 1. The normalized spacial score (nSPS) is 9.83. The van der Waals surface area contributed by atoms with Crippen molar-refractivity contribution in [1.82, 2.24) is 0 Å². The molecular formula is C10H18OS. The molecule has 0 saturated carbocycles. The summed E-state index contributed by atoms with van der Waals surface area (Å²) < 4.78 is 0. The highest BCUT2D eigenvalue weighted by atomic mass is 32.2. The number of thioether (sulfide) groups is 1. The van der Waals surface area contributed by atoms with Crippen LogP contribution >= 0.6 is 11.8 Å². The molecule has 70 valence electrons. The maximum absolute atomic E-state index is 11.0. The van der Waals surface area contributed by atoms with Crippen molar-refractivity contribution < 1.29 is 4.79 Å². The van der Waals surface area contributed by atoms with Crippen LogP contribution in [0, 0.1) is 0 Å². The predicted molar refractivity (Wildman–Crippen MR) is 56.4 cm³/mol. The maximum Gasteiger partial charge on any atom is 0.214 e. The zero-order valence-electron chi connectivity index (χ0n) is 8.06. The Morgan fingerprint density at radius 3 is 2.50 bits per heavy atom. The van der Waals surface area contributed by atoms with Crippen LogP contribution < -0.4 is 0 Å². The van der Waals surface area contributed by atoms with Crippen LogP contribution in [0.4, 0.5) is 0 Å². The molecular weight excluding hydrogens is 168 g/mol. The summed E-state index contributed by atoms with van der Waals surface area (Å²) in [6.07, 6.45) is 4.92. The molecule has 0 bridgehead atoms. The van der Waals surface area contributed by atoms with E-state index in [2.05, 4.69) is 13.5 Å². The van der Waals surface area contributed by atoms with Gasteiger partial charge in [0.2, 0.25) is 5.12 Å². The standard InChI is InChI=1S/C10H18OS/c1-4-5-6-7-8-12-10(11)9(2)3/h2,4-8H2,1,3H3. The summed E-state index contributed by atoms with van der Waals surface area (Å²) in [7, 11) is 0. The van der Waals surface area contributed by atoms with Crippen molar-refractivity contribution in [2.75, 3.05) is 5.75 Å². The number of rotatable bonds is 6. The van der Waals surface area contributed by atoms with E-state index in [1.165, 1.54) is 31.0 Å². The highest BCUT2D eigenvalue weighted by molar-refractivity contribution is 8.14. The summed E-state index contributed by atoms with van der Waals surface area (Å²) in [5, 5.41) is 0.145. The van der Waals surface area contributed by atoms with Gasteiger partial charge < -0.3 is 0 Å². The van der Waals surface area contributed by atoms with Gasteiger partial charge in [-0.05, 0) is 18.9 Å². The van der Waals surface area contributed by atoms with Crippen LogP contribution in [-0.2, 0) is 4.79 Å². The summed E-state index contributed by atoms with van der Waals surface area (Å²) in [5.74, 6) is 0.950. The second kappa shape index (κ2) is 7.41. The molecule has 0 fully saturated rings. The van der Waals surface area contributed by atoms with Crippen LogP contribution in [0.3, 0.4) is 0 Å². The van der Waals surface area contributed by atoms with E-state index in [0.29, 0.717) is 5.57 Å². The minimum Gasteiger partial charge on any atom is -0.282 e. The van der Waals surface area contributed by atoms with Gasteiger partial charge >= 0.3 is 0 Å². The zero-order chi connectivity index (χ0) is 9.40. The van der Waals surface area contributed by atoms with Gasteiger partial charge in [0.25, 0.3) is 0 Å². The van der Waals surface area contributed by atoms with Crippen molar-refractivity contribution in [1.29, 1.82) is 0 Å². The summed E-state index contributed by atoms with van der Waals surface area (Å²) in [6.45, 7) is 7.55. The minimum absolute atomic E-state index is 0.145. The van der Waals surface area contributed by atoms with Crippen LogP contribution in [0.5, 0.6) is 0 Å². The molecule has 0 aliphatic carbocycles. The smallest absolute Gasteiger partial charge is 0.214 e. The average molecular weight is 186 g/mol. The van der Waals surface area contributed by atoms with Gasteiger partial charge in [0, 0.05) is 5.75 Å². The molecule has 0 N–H and O–H groups in total. The highest BCUT2D eigenvalue weighted by Crippen LogP contribution is 2.12. The first-order chi connectivity index (χ1) is 5.68. The first kappa shape index (κ1) is 11.8. The molecule has 12 heavy (non-hydrogen) atoms. The number of carbonyl (C=O) groups excluding carboxylic acids is 1. The van der Waals surface area contributed by atoms with Crippen LogP contribution in [0.2, 0.25) is 0 Å². The number of hydrogen-bond donors (Lipinski definition) is 0. The van der Waals surface area contributed by atoms with E-state index in [9.17, 15) is 4.79 Å². The molecule has 0 radical (unpaired) electrons. The molecule has 0 heterocycles. The number of unbranched alkanes of at least 4 members (excludes halogenated alkanes) is 3. The van der Waals surface area contributed by atoms with Gasteiger partial charge in [-0.1, -0.05) is 44.5 Å². The van der Waals surface area contributed by atoms with E-state index < -0.39 is 0 Å². The molecule has 0 aromatic heterocycles. The third-order valence-electron chi connectivity index (χ3n) is 1.58. The summed E-state index contributed by atoms with van der Waals surface area (Å²) in [4.78, 5) is 11.0. The second-order valence-electron chi connectivity index (χ2n) is 2.98. The van der Waals surface area contributed by atoms with E-state index in [0.717, 1.165) is 12.2 Å². The Morgan fingerprint density at radius 2 is 2.00 bits per heavy atom. The van der Waals surface area contributed by atoms with Crippen molar-refractivity contribution in [2.45, 2.75) is 39.5 Å². The summed E-state index contributed by atoms with van der Waals surface area (Å²) in [6, 6.07) is 0. The molecule has 1 nitrogen and oxygen atoms in total. The van der Waals surface area contributed by atoms with Crippen LogP contribution in [-0.4, -0.2) is 10.9 Å². The van der Waals surface area contributed by atoms with Crippen molar-refractivity contribution in [3.63, 3.8) is 0 Å². The molecule has 0 saturated heterocycles. The van der Waals surface area contributed by atoms with Gasteiger partial charge in [0.15, 0.2) is 0 Å². The topological polar surface area (TPSA) is 17.1 Å². The van der Waals surface area contributed by atoms with E-state index in [4.69, 9.17) is 0 Å². The lowest BCUT2D eigenvalue weighted by atomic mass is 10.2. The molecule has 0 unspecified atom stereocenters. The summed E-state index contributed by atoms with van der Waals surface area (Å²) >= 11 is 1.40. The van der Waals surface area contributed by atoms with Gasteiger partial charge in [-0.3, -0.25) is 4.79 Å². The van der Waals surface area contributed by atoms with Crippen molar-refractivity contribution in [3.8, 4) is 0 Å². The quantitative estimate of drug-likeness (QED) is 0.467. The maximum atomic E-state index is 11.0. The van der Waals surface area contributed by atoms with E-state index in [1.807, 2.05) is 0 Å². The first-order valence-electron chi connectivity index (χ1n) is 4.51. The Bertz CT molecular complexity index is 152. The predicted octanol–water partition coefficient (Wildman–Crippen LogP) is 3.40. The zero-order valence-corrected chi connectivity index (χ0v) is 8.88. The van der Waals surface area contributed by atoms with E-state index in [-0.39, 0.29) is 5.12 Å². The van der Waals surface area contributed by atoms with E-state index >= 15 is 0 Å². The van der Waals surface area contributed by atoms with Gasteiger partial charge in [0.1, 0.15) is 0 Å². The molecule has 0 atom stereocenters. The fourth-order valence-corrected chi connectivity index (χ4v) is 1.60. The molecule has 0 aromatic rings. The Kier molecular flexibility index (Phi) is 7.26. The SMILES string of the molecule is C=C(C)C(=O)SCCCCCC. The fourth-order valence-electron chi connectivity index (χ4n) is 0.817. The van der Waals surface area contributed by atoms with Gasteiger partial charge in [0.05, 0.1) is 0 Å². The lowest BCUT2D eigenvalue weighted by Gasteiger charge is -1.98. The Hall–Kier alpha value is -0.240. The minimum atomic E-state index is 0.145. The molecule has 0 spiro atoms. The van der Waals surface area contributed by atoms with Crippen molar-refractivity contribution in [2.24, 2.45) is 0 Å². The molecule has 0 rings (SSSR count). The Balaban J connectivity index is 3.20. The summed E-state index contributed by atoms with van der Waals surface area (Å²) in [5.41, 5.74) is 0.662. The molecule has 2 heteroatoms. The van der Waals surface area contributed by atoms with Gasteiger partial charge in [-0.25, -0.2) is 0 Å². The third-order valence-corrected chi connectivity index (χ3v) is 2.68. The lowest BCUT2D eigenvalue weighted by molar-refractivity contribution is -0.107. The Labute approximate surface area is 79.6 Å². The highest BCUT2D eigenvalue weighted by Gasteiger charge is 2.01. The van der Waals surface area contributed by atoms with Gasteiger partial charge in [-0.2, -0.15) is 0 Å². The molecule has 0 aromatic carbocycles. The fraction of sp³-hybridized carbons (Fsp3) is 0.700. The molecule has 0 aliphatic heterocycles. The van der Waals surface area contributed by atoms with Crippen molar-refractivity contribution >= 4 is 16.9 Å². The average Bonchev–Trinajstić information content (AvgIpc) is 2.03. The molecule has 0 amide bonds. The van der Waals surface area contributed by atoms with E-state index in [1.54, 1.807) is 6.92 Å². The largest absolute Gasteiger partial charge is 0.282 e. The number of hydrogen-bond acceptors (Lipinski definition) is 2.